The Bertz CT molecular complexity index is 770. The highest BCUT2D eigenvalue weighted by molar-refractivity contribution is 6.02. The molecular formula is C18H16O7. The minimum atomic E-state index is -1.65. The van der Waals surface area contributed by atoms with Crippen LogP contribution in [0.25, 0.3) is 0 Å². The molecule has 2 unspecified atom stereocenters. The van der Waals surface area contributed by atoms with Crippen molar-refractivity contribution in [1.82, 2.24) is 0 Å². The van der Waals surface area contributed by atoms with Crippen LogP contribution in [0.15, 0.2) is 54.6 Å². The molecule has 0 aromatic heterocycles. The van der Waals surface area contributed by atoms with E-state index in [-0.39, 0.29) is 11.3 Å². The number of aliphatic hydroxyl groups excluding tert-OH is 1. The third-order valence-corrected chi connectivity index (χ3v) is 3.42. The van der Waals surface area contributed by atoms with Crippen molar-refractivity contribution in [2.45, 2.75) is 18.6 Å². The molecule has 0 saturated heterocycles. The van der Waals surface area contributed by atoms with Gasteiger partial charge in [0.25, 0.3) is 0 Å². The van der Waals surface area contributed by atoms with E-state index in [1.165, 1.54) is 24.3 Å². The number of carbonyl (C=O) groups is 3. The molecule has 0 radical (unpaired) electrons. The zero-order chi connectivity index (χ0) is 18.4. The predicted molar refractivity (Wildman–Crippen MR) is 86.5 cm³/mol. The van der Waals surface area contributed by atoms with E-state index in [1.54, 1.807) is 30.3 Å². The number of aliphatic carboxylic acids is 2. The fourth-order valence-corrected chi connectivity index (χ4v) is 2.20. The Morgan fingerprint density at radius 2 is 1.52 bits per heavy atom. The molecule has 2 atom stereocenters. The molecule has 2 aromatic carbocycles. The molecule has 0 aliphatic heterocycles. The van der Waals surface area contributed by atoms with Crippen LogP contribution < -0.4 is 4.74 Å². The Kier molecular flexibility index (Phi) is 5.86. The van der Waals surface area contributed by atoms with Crippen LogP contribution in [0.1, 0.15) is 28.4 Å². The van der Waals surface area contributed by atoms with Gasteiger partial charge in [-0.25, -0.2) is 4.79 Å². The second kappa shape index (κ2) is 8.07. The monoisotopic (exact) mass is 344 g/mol. The molecule has 7 nitrogen and oxygen atoms in total. The first kappa shape index (κ1) is 18.2. The highest BCUT2D eigenvalue weighted by Gasteiger charge is 2.27. The third kappa shape index (κ3) is 4.65. The molecule has 0 saturated carbocycles. The fraction of sp³-hybridized carbons (Fsp3) is 0.167. The Hall–Kier alpha value is -3.19. The summed E-state index contributed by atoms with van der Waals surface area (Å²) in [7, 11) is 0. The van der Waals surface area contributed by atoms with Gasteiger partial charge in [0.2, 0.25) is 6.10 Å². The minimum absolute atomic E-state index is 0.0320. The van der Waals surface area contributed by atoms with Crippen LogP contribution in [0.3, 0.4) is 0 Å². The smallest absolute Gasteiger partial charge is 0.345 e. The number of Topliss-reactive ketones (excluding diaryl/α,β-unsaturated/α-hetero) is 1. The first-order valence-electron chi connectivity index (χ1n) is 7.37. The number of hydrogen-bond acceptors (Lipinski definition) is 5. The second-order valence-electron chi connectivity index (χ2n) is 5.22. The van der Waals surface area contributed by atoms with Gasteiger partial charge in [0.1, 0.15) is 11.9 Å². The molecule has 3 N–H and O–H groups in total. The highest BCUT2D eigenvalue weighted by Crippen LogP contribution is 2.26. The van der Waals surface area contributed by atoms with Gasteiger partial charge >= 0.3 is 11.9 Å². The Morgan fingerprint density at radius 3 is 2.12 bits per heavy atom. The van der Waals surface area contributed by atoms with Crippen molar-refractivity contribution < 1.29 is 34.4 Å². The molecule has 130 valence electrons. The molecule has 0 aliphatic carbocycles. The maximum atomic E-state index is 12.5. The van der Waals surface area contributed by atoms with Crippen LogP contribution in [0.2, 0.25) is 0 Å². The number of hydrogen-bond donors (Lipinski definition) is 3. The second-order valence-corrected chi connectivity index (χ2v) is 5.22. The van der Waals surface area contributed by atoms with Crippen molar-refractivity contribution in [3.05, 3.63) is 65.7 Å². The van der Waals surface area contributed by atoms with Crippen LogP contribution in [-0.4, -0.2) is 39.1 Å². The summed E-state index contributed by atoms with van der Waals surface area (Å²) in [5, 5.41) is 28.1. The van der Waals surface area contributed by atoms with Crippen LogP contribution in [0.5, 0.6) is 5.75 Å². The number of ketones is 1. The lowest BCUT2D eigenvalue weighted by Gasteiger charge is -2.17. The van der Waals surface area contributed by atoms with Gasteiger partial charge in [-0.3, -0.25) is 9.59 Å². The van der Waals surface area contributed by atoms with Crippen LogP contribution in [-0.2, 0) is 9.59 Å². The molecule has 25 heavy (non-hydrogen) atoms. The quantitative estimate of drug-likeness (QED) is 0.625. The van der Waals surface area contributed by atoms with Crippen LogP contribution >= 0.6 is 0 Å². The molecule has 0 bridgehead atoms. The molecule has 2 aromatic rings. The number of carboxylic acids is 2. The fourth-order valence-electron chi connectivity index (χ4n) is 2.20. The first-order valence-corrected chi connectivity index (χ1v) is 7.37. The summed E-state index contributed by atoms with van der Waals surface area (Å²) in [5.74, 6) is -3.59. The van der Waals surface area contributed by atoms with Crippen molar-refractivity contribution in [3.63, 3.8) is 0 Å². The Labute approximate surface area is 143 Å². The van der Waals surface area contributed by atoms with Gasteiger partial charge in [-0.15, -0.1) is 0 Å². The van der Waals surface area contributed by atoms with Gasteiger partial charge in [-0.2, -0.15) is 0 Å². The Morgan fingerprint density at radius 1 is 0.920 bits per heavy atom. The molecule has 7 heteroatoms. The summed E-state index contributed by atoms with van der Waals surface area (Å²) in [6.45, 7) is 0. The lowest BCUT2D eigenvalue weighted by atomic mass is 9.99. The Balaban J connectivity index is 2.29. The summed E-state index contributed by atoms with van der Waals surface area (Å²) in [4.78, 5) is 34.5. The lowest BCUT2D eigenvalue weighted by Crippen LogP contribution is -2.30. The molecule has 0 spiro atoms. The number of aliphatic hydroxyl groups is 1. The number of benzene rings is 2. The zero-order valence-corrected chi connectivity index (χ0v) is 13.0. The van der Waals surface area contributed by atoms with Crippen molar-refractivity contribution in [2.24, 2.45) is 0 Å². The highest BCUT2D eigenvalue weighted by atomic mass is 16.5. The van der Waals surface area contributed by atoms with Crippen molar-refractivity contribution >= 4 is 17.7 Å². The largest absolute Gasteiger partial charge is 0.481 e. The number of carbonyl (C=O) groups excluding carboxylic acids is 1. The van der Waals surface area contributed by atoms with E-state index in [0.29, 0.717) is 5.56 Å². The van der Waals surface area contributed by atoms with E-state index in [0.717, 1.165) is 0 Å². The number of para-hydroxylation sites is 1. The van der Waals surface area contributed by atoms with E-state index in [2.05, 4.69) is 0 Å². The third-order valence-electron chi connectivity index (χ3n) is 3.42. The van der Waals surface area contributed by atoms with Gasteiger partial charge < -0.3 is 20.1 Å². The van der Waals surface area contributed by atoms with E-state index in [1.807, 2.05) is 0 Å². The zero-order valence-electron chi connectivity index (χ0n) is 13.0. The van der Waals surface area contributed by atoms with Crippen molar-refractivity contribution in [2.75, 3.05) is 0 Å². The van der Waals surface area contributed by atoms with Gasteiger partial charge in [-0.1, -0.05) is 42.5 Å². The van der Waals surface area contributed by atoms with Crippen molar-refractivity contribution in [3.8, 4) is 5.75 Å². The molecule has 2 rings (SSSR count). The summed E-state index contributed by atoms with van der Waals surface area (Å²) in [6.07, 6.45) is -3.87. The van der Waals surface area contributed by atoms with E-state index < -0.39 is 36.4 Å². The molecule has 0 heterocycles. The first-order chi connectivity index (χ1) is 11.9. The van der Waals surface area contributed by atoms with Crippen LogP contribution in [0, 0.1) is 0 Å². The lowest BCUT2D eigenvalue weighted by molar-refractivity contribution is -0.151. The minimum Gasteiger partial charge on any atom is -0.481 e. The molecule has 0 fully saturated rings. The number of ether oxygens (including phenoxy) is 1. The topological polar surface area (TPSA) is 121 Å². The van der Waals surface area contributed by atoms with Crippen LogP contribution in [0.4, 0.5) is 0 Å². The van der Waals surface area contributed by atoms with E-state index >= 15 is 0 Å². The average Bonchev–Trinajstić information content (AvgIpc) is 2.60. The summed E-state index contributed by atoms with van der Waals surface area (Å²) in [6, 6.07) is 14.0. The summed E-state index contributed by atoms with van der Waals surface area (Å²) in [5.41, 5.74) is 0.345. The van der Waals surface area contributed by atoms with Gasteiger partial charge in [-0.05, 0) is 17.7 Å². The standard InChI is InChI=1S/C18H16O7/c19-15(20)10-14(18(23)24)25-13-9-5-4-8-12(13)17(22)16(21)11-6-2-1-3-7-11/h1-9,14,16,21H,10H2,(H,19,20)(H,23,24). The summed E-state index contributed by atoms with van der Waals surface area (Å²) < 4.78 is 5.21. The normalized spacial score (nSPS) is 12.8. The predicted octanol–water partition coefficient (Wildman–Crippen LogP) is 1.91. The summed E-state index contributed by atoms with van der Waals surface area (Å²) >= 11 is 0. The number of carboxylic acid groups (broad SMARTS) is 2. The van der Waals surface area contributed by atoms with E-state index in [4.69, 9.17) is 14.9 Å². The maximum absolute atomic E-state index is 12.5. The van der Waals surface area contributed by atoms with Gasteiger partial charge in [0, 0.05) is 0 Å². The molecular weight excluding hydrogens is 328 g/mol. The van der Waals surface area contributed by atoms with Gasteiger partial charge in [0.15, 0.2) is 5.78 Å². The molecule has 0 aliphatic rings. The number of rotatable bonds is 8. The average molecular weight is 344 g/mol. The molecule has 0 amide bonds. The maximum Gasteiger partial charge on any atom is 0.345 e. The van der Waals surface area contributed by atoms with Crippen molar-refractivity contribution in [1.29, 1.82) is 0 Å². The van der Waals surface area contributed by atoms with E-state index in [9.17, 15) is 19.5 Å². The SMILES string of the molecule is O=C(O)CC(Oc1ccccc1C(=O)C(O)c1ccccc1)C(=O)O. The van der Waals surface area contributed by atoms with Gasteiger partial charge in [0.05, 0.1) is 12.0 Å².